The number of rotatable bonds is 14. The van der Waals surface area contributed by atoms with Gasteiger partial charge in [-0.05, 0) is 105 Å². The quantitative estimate of drug-likeness (QED) is 0.113. The molecule has 2 aromatic carbocycles. The van der Waals surface area contributed by atoms with Crippen molar-refractivity contribution in [3.8, 4) is 0 Å². The zero-order chi connectivity index (χ0) is 31.6. The lowest BCUT2D eigenvalue weighted by Gasteiger charge is -2.30. The van der Waals surface area contributed by atoms with Crippen LogP contribution in [0.15, 0.2) is 101 Å². The summed E-state index contributed by atoms with van der Waals surface area (Å²) in [6.07, 6.45) is 11.8. The van der Waals surface area contributed by atoms with E-state index in [0.29, 0.717) is 25.1 Å². The van der Waals surface area contributed by atoms with Crippen molar-refractivity contribution < 1.29 is 19.4 Å². The summed E-state index contributed by atoms with van der Waals surface area (Å²) >= 11 is 2.68. The van der Waals surface area contributed by atoms with Crippen LogP contribution in [0, 0.1) is 20.8 Å². The minimum absolute atomic E-state index is 0.135. The Morgan fingerprint density at radius 1 is 1.20 bits per heavy atom. The Morgan fingerprint density at radius 3 is 2.64 bits per heavy atom. The highest BCUT2D eigenvalue weighted by atomic mass is 32.2. The highest BCUT2D eigenvalue weighted by molar-refractivity contribution is 8.00. The fourth-order valence-corrected chi connectivity index (χ4v) is 6.94. The molecule has 4 rings (SSSR count). The van der Waals surface area contributed by atoms with Gasteiger partial charge in [0.05, 0.1) is 12.8 Å². The number of allylic oxidation sites excluding steroid dienone is 3. The van der Waals surface area contributed by atoms with Crippen LogP contribution in [-0.4, -0.2) is 48.2 Å². The molecule has 8 nitrogen and oxygen atoms in total. The highest BCUT2D eigenvalue weighted by Crippen LogP contribution is 2.42. The number of hydrogen-bond donors (Lipinski definition) is 2. The van der Waals surface area contributed by atoms with Crippen LogP contribution >= 0.6 is 23.9 Å². The first kappa shape index (κ1) is 32.8. The van der Waals surface area contributed by atoms with Gasteiger partial charge in [-0.2, -0.15) is 0 Å². The Morgan fingerprint density at radius 2 is 1.98 bits per heavy atom. The number of methoxy groups -OCH3 is 1. The summed E-state index contributed by atoms with van der Waals surface area (Å²) in [5.41, 5.74) is 6.18. The maximum absolute atomic E-state index is 13.7. The average molecular weight is 631 g/mol. The second kappa shape index (κ2) is 15.5. The molecule has 0 bridgehead atoms. The van der Waals surface area contributed by atoms with Crippen molar-refractivity contribution in [2.75, 3.05) is 29.4 Å². The number of aryl methyl sites for hydroxylation is 3. The molecule has 44 heavy (non-hydrogen) atoms. The number of benzene rings is 2. The van der Waals surface area contributed by atoms with Crippen LogP contribution in [0.3, 0.4) is 0 Å². The number of ether oxygens (including phenoxy) is 1. The molecule has 230 valence electrons. The zero-order valence-corrected chi connectivity index (χ0v) is 27.1. The van der Waals surface area contributed by atoms with Crippen molar-refractivity contribution in [2.45, 2.75) is 49.4 Å². The van der Waals surface area contributed by atoms with Gasteiger partial charge in [0.25, 0.3) is 5.91 Å². The van der Waals surface area contributed by atoms with Gasteiger partial charge in [-0.15, -0.1) is 0 Å². The van der Waals surface area contributed by atoms with E-state index in [1.165, 1.54) is 29.5 Å². The highest BCUT2D eigenvalue weighted by Gasteiger charge is 2.33. The average Bonchev–Trinajstić information content (AvgIpc) is 3.43. The van der Waals surface area contributed by atoms with E-state index >= 15 is 0 Å². The number of pyridine rings is 1. The molecule has 2 N–H and O–H groups in total. The lowest BCUT2D eigenvalue weighted by Crippen LogP contribution is -2.44. The van der Waals surface area contributed by atoms with Crippen molar-refractivity contribution in [3.05, 3.63) is 114 Å². The lowest BCUT2D eigenvalue weighted by atomic mass is 10.1. The van der Waals surface area contributed by atoms with Crippen molar-refractivity contribution in [3.63, 3.8) is 0 Å². The molecule has 1 aliphatic heterocycles. The number of carbonyl (C=O) groups is 2. The molecule has 0 aliphatic carbocycles. The molecular weight excluding hydrogens is 593 g/mol. The number of carboxylic acid groups (broad SMARTS) is 1. The Bertz CT molecular complexity index is 1540. The van der Waals surface area contributed by atoms with Crippen LogP contribution in [0.25, 0.3) is 0 Å². The molecule has 10 heteroatoms. The zero-order valence-electron chi connectivity index (χ0n) is 25.4. The van der Waals surface area contributed by atoms with E-state index in [4.69, 9.17) is 4.74 Å². The van der Waals surface area contributed by atoms with Crippen molar-refractivity contribution in [1.82, 2.24) is 9.71 Å². The number of hydrogen-bond acceptors (Lipinski definition) is 8. The third-order valence-electron chi connectivity index (χ3n) is 7.17. The summed E-state index contributed by atoms with van der Waals surface area (Å²) in [4.78, 5) is 33.8. The minimum Gasteiger partial charge on any atom is -0.497 e. The molecule has 1 atom stereocenters. The first-order valence-corrected chi connectivity index (χ1v) is 15.8. The van der Waals surface area contributed by atoms with Gasteiger partial charge in [-0.3, -0.25) is 19.3 Å². The van der Waals surface area contributed by atoms with Crippen LogP contribution in [0.4, 0.5) is 11.4 Å². The first-order valence-electron chi connectivity index (χ1n) is 14.3. The third-order valence-corrected chi connectivity index (χ3v) is 9.32. The number of aliphatic carboxylic acids is 1. The summed E-state index contributed by atoms with van der Waals surface area (Å²) in [6, 6.07) is 13.4. The van der Waals surface area contributed by atoms with E-state index in [1.54, 1.807) is 31.7 Å². The second-order valence-corrected chi connectivity index (χ2v) is 12.3. The Balaban J connectivity index is 1.66. The number of nitrogens with one attached hydrogen (secondary N) is 1. The van der Waals surface area contributed by atoms with E-state index < -0.39 is 12.0 Å². The first-order chi connectivity index (χ1) is 21.2. The molecule has 1 unspecified atom stereocenters. The molecule has 3 aromatic rings. The van der Waals surface area contributed by atoms with Crippen molar-refractivity contribution >= 4 is 47.1 Å². The molecule has 1 aromatic heterocycles. The van der Waals surface area contributed by atoms with Crippen LogP contribution < -0.4 is 13.9 Å². The molecule has 0 saturated heterocycles. The number of nitrogens with zero attached hydrogens (tertiary/aromatic N) is 3. The molecule has 0 fully saturated rings. The van der Waals surface area contributed by atoms with Gasteiger partial charge in [0, 0.05) is 40.0 Å². The van der Waals surface area contributed by atoms with E-state index in [0.717, 1.165) is 37.9 Å². The molecule has 1 amide bonds. The van der Waals surface area contributed by atoms with Gasteiger partial charge in [0.15, 0.2) is 0 Å². The van der Waals surface area contributed by atoms with E-state index in [-0.39, 0.29) is 12.5 Å². The normalized spacial score (nSPS) is 13.5. The van der Waals surface area contributed by atoms with E-state index in [2.05, 4.69) is 54.1 Å². The van der Waals surface area contributed by atoms with Crippen molar-refractivity contribution in [1.29, 1.82) is 0 Å². The number of aromatic nitrogens is 1. The van der Waals surface area contributed by atoms with Crippen LogP contribution in [-0.2, 0) is 20.7 Å². The summed E-state index contributed by atoms with van der Waals surface area (Å²) in [7, 11) is 1.58. The van der Waals surface area contributed by atoms with Crippen LogP contribution in [0.5, 0.6) is 0 Å². The molecule has 0 saturated carbocycles. The molecule has 0 radical (unpaired) electrons. The second-order valence-electron chi connectivity index (χ2n) is 10.4. The number of carboxylic acids is 1. The number of fused-ring (bicyclic) bond motifs is 1. The predicted molar refractivity (Wildman–Crippen MR) is 180 cm³/mol. The van der Waals surface area contributed by atoms with Gasteiger partial charge in [-0.25, -0.2) is 0 Å². The molecule has 1 aliphatic rings. The van der Waals surface area contributed by atoms with Gasteiger partial charge < -0.3 is 19.0 Å². The Hall–Kier alpha value is -4.15. The van der Waals surface area contributed by atoms with E-state index in [1.807, 2.05) is 46.8 Å². The smallest absolute Gasteiger partial charge is 0.324 e. The summed E-state index contributed by atoms with van der Waals surface area (Å²) < 4.78 is 10.1. The fourth-order valence-electron chi connectivity index (χ4n) is 5.26. The number of carbonyl (C=O) groups excluding carboxylic acids is 1. The summed E-state index contributed by atoms with van der Waals surface area (Å²) in [5.74, 6) is -0.421. The third kappa shape index (κ3) is 8.27. The Labute approximate surface area is 268 Å². The molecule has 0 spiro atoms. The van der Waals surface area contributed by atoms with Crippen molar-refractivity contribution in [2.24, 2.45) is 0 Å². The molecule has 2 heterocycles. The van der Waals surface area contributed by atoms with Gasteiger partial charge in [0.1, 0.15) is 18.3 Å². The van der Waals surface area contributed by atoms with Gasteiger partial charge in [0.2, 0.25) is 0 Å². The largest absolute Gasteiger partial charge is 0.497 e. The standard InChI is InChI=1S/C34H38N4O4S2/c1-6-26(42-5)11-7-8-13-31(34(41)36-43-27-12-10-17-35-21-27)37-18-16-28-29(37)14-9-15-30(28)38(22-32(39)40)44-33-24(3)19-23(2)20-25(33)4/h6-12,14-15,17,19-21,31H,1,13,16,18,22H2,2-5H3,(H,36,41)(H,39,40)/b8-7-,26-11+. The maximum Gasteiger partial charge on any atom is 0.324 e. The summed E-state index contributed by atoms with van der Waals surface area (Å²) in [6.45, 7) is 10.4. The molecular formula is C34H38N4O4S2. The maximum atomic E-state index is 13.7. The van der Waals surface area contributed by atoms with Gasteiger partial charge in [-0.1, -0.05) is 42.5 Å². The van der Waals surface area contributed by atoms with E-state index in [9.17, 15) is 14.7 Å². The lowest BCUT2D eigenvalue weighted by molar-refractivity contribution is -0.135. The predicted octanol–water partition coefficient (Wildman–Crippen LogP) is 6.82. The monoisotopic (exact) mass is 630 g/mol. The topological polar surface area (TPSA) is 95.0 Å². The minimum atomic E-state index is -0.912. The fraction of sp³-hybridized carbons (Fsp3) is 0.265. The number of anilines is 2. The van der Waals surface area contributed by atoms with Gasteiger partial charge >= 0.3 is 5.97 Å². The van der Waals surface area contributed by atoms with Crippen LogP contribution in [0.1, 0.15) is 28.7 Å². The SMILES string of the molecule is C=C/C(=C\C=C/CC(C(=O)NSc1cccnc1)N1CCc2c(N(CC(=O)O)Sc3c(C)cc(C)cc3C)cccc21)OC. The van der Waals surface area contributed by atoms with Crippen LogP contribution in [0.2, 0.25) is 0 Å². The summed E-state index contributed by atoms with van der Waals surface area (Å²) in [5, 5.41) is 9.86. The number of amides is 1. The Kier molecular flexibility index (Phi) is 11.6.